The van der Waals surface area contributed by atoms with Crippen LogP contribution in [0.15, 0.2) is 18.3 Å². The predicted octanol–water partition coefficient (Wildman–Crippen LogP) is 3.85. The Morgan fingerprint density at radius 3 is 2.76 bits per heavy atom. The Morgan fingerprint density at radius 2 is 2.10 bits per heavy atom. The summed E-state index contributed by atoms with van der Waals surface area (Å²) in [6, 6.07) is 3.84. The SMILES string of the molecule is CCOC(=O)C1(c2nc3cccnc3s2)CCCCCC1. The smallest absolute Gasteiger partial charge is 0.319 e. The first-order valence-electron chi connectivity index (χ1n) is 7.65. The van der Waals surface area contributed by atoms with Gasteiger partial charge >= 0.3 is 5.97 Å². The Balaban J connectivity index is 2.06. The number of hydrogen-bond acceptors (Lipinski definition) is 5. The van der Waals surface area contributed by atoms with Gasteiger partial charge in [-0.2, -0.15) is 0 Å². The third-order valence-corrected chi connectivity index (χ3v) is 5.38. The molecule has 0 radical (unpaired) electrons. The largest absolute Gasteiger partial charge is 0.465 e. The number of pyridine rings is 1. The highest BCUT2D eigenvalue weighted by Crippen LogP contribution is 2.42. The molecule has 5 heteroatoms. The van der Waals surface area contributed by atoms with Crippen LogP contribution in [0.3, 0.4) is 0 Å². The van der Waals surface area contributed by atoms with Crippen molar-refractivity contribution in [3.63, 3.8) is 0 Å². The third kappa shape index (κ3) is 2.67. The van der Waals surface area contributed by atoms with Gasteiger partial charge in [0.15, 0.2) is 0 Å². The number of ether oxygens (including phenoxy) is 1. The van der Waals surface area contributed by atoms with Crippen LogP contribution in [-0.2, 0) is 14.9 Å². The highest BCUT2D eigenvalue weighted by Gasteiger charge is 2.44. The molecule has 0 aliphatic heterocycles. The van der Waals surface area contributed by atoms with Crippen molar-refractivity contribution in [2.24, 2.45) is 0 Å². The molecule has 0 bridgehead atoms. The molecule has 0 saturated heterocycles. The number of fused-ring (bicyclic) bond motifs is 1. The van der Waals surface area contributed by atoms with Crippen molar-refractivity contribution in [3.05, 3.63) is 23.3 Å². The van der Waals surface area contributed by atoms with Gasteiger partial charge in [-0.05, 0) is 31.9 Å². The molecule has 3 rings (SSSR count). The fourth-order valence-corrected chi connectivity index (χ4v) is 4.22. The van der Waals surface area contributed by atoms with Gasteiger partial charge < -0.3 is 4.74 Å². The molecule has 4 nitrogen and oxygen atoms in total. The molecule has 21 heavy (non-hydrogen) atoms. The standard InChI is InChI=1S/C16H20N2O2S/c1-2-20-15(19)16(9-5-3-4-6-10-16)14-18-12-8-7-11-17-13(12)21-14/h7-8,11H,2-6,9-10H2,1H3. The van der Waals surface area contributed by atoms with Crippen molar-refractivity contribution in [2.75, 3.05) is 6.61 Å². The van der Waals surface area contributed by atoms with Crippen molar-refractivity contribution in [3.8, 4) is 0 Å². The lowest BCUT2D eigenvalue weighted by molar-refractivity contribution is -0.150. The summed E-state index contributed by atoms with van der Waals surface area (Å²) < 4.78 is 5.40. The van der Waals surface area contributed by atoms with E-state index in [1.807, 2.05) is 19.1 Å². The van der Waals surface area contributed by atoms with Gasteiger partial charge in [0.25, 0.3) is 0 Å². The topological polar surface area (TPSA) is 52.1 Å². The normalized spacial score (nSPS) is 18.3. The van der Waals surface area contributed by atoms with Crippen LogP contribution < -0.4 is 0 Å². The summed E-state index contributed by atoms with van der Waals surface area (Å²) in [5, 5.41) is 0.886. The van der Waals surface area contributed by atoms with Crippen molar-refractivity contribution < 1.29 is 9.53 Å². The monoisotopic (exact) mass is 304 g/mol. The van der Waals surface area contributed by atoms with Crippen LogP contribution in [0, 0.1) is 0 Å². The minimum Gasteiger partial charge on any atom is -0.465 e. The quantitative estimate of drug-likeness (QED) is 0.638. The molecular weight excluding hydrogens is 284 g/mol. The van der Waals surface area contributed by atoms with E-state index in [1.165, 1.54) is 12.8 Å². The first kappa shape index (κ1) is 14.4. The van der Waals surface area contributed by atoms with Gasteiger partial charge in [-0.3, -0.25) is 4.79 Å². The molecule has 1 saturated carbocycles. The van der Waals surface area contributed by atoms with Crippen LogP contribution in [0.4, 0.5) is 0 Å². The van der Waals surface area contributed by atoms with Crippen molar-refractivity contribution >= 4 is 27.7 Å². The molecule has 0 amide bonds. The summed E-state index contributed by atoms with van der Waals surface area (Å²) in [7, 11) is 0. The highest BCUT2D eigenvalue weighted by molar-refractivity contribution is 7.18. The van der Waals surface area contributed by atoms with Gasteiger partial charge in [-0.25, -0.2) is 9.97 Å². The highest BCUT2D eigenvalue weighted by atomic mass is 32.1. The van der Waals surface area contributed by atoms with E-state index in [1.54, 1.807) is 17.5 Å². The van der Waals surface area contributed by atoms with E-state index in [4.69, 9.17) is 9.72 Å². The molecular formula is C16H20N2O2S. The molecule has 0 aromatic carbocycles. The van der Waals surface area contributed by atoms with Gasteiger partial charge in [0.1, 0.15) is 20.8 Å². The molecule has 1 aliphatic carbocycles. The summed E-state index contributed by atoms with van der Waals surface area (Å²) in [6.45, 7) is 2.28. The number of rotatable bonds is 3. The van der Waals surface area contributed by atoms with Gasteiger partial charge in [0.2, 0.25) is 0 Å². The van der Waals surface area contributed by atoms with E-state index in [0.717, 1.165) is 41.0 Å². The Hall–Kier alpha value is -1.49. The van der Waals surface area contributed by atoms with Crippen LogP contribution >= 0.6 is 11.3 Å². The molecule has 0 unspecified atom stereocenters. The van der Waals surface area contributed by atoms with Crippen LogP contribution in [0.25, 0.3) is 10.3 Å². The molecule has 112 valence electrons. The Morgan fingerprint density at radius 1 is 1.33 bits per heavy atom. The average molecular weight is 304 g/mol. The van der Waals surface area contributed by atoms with E-state index in [-0.39, 0.29) is 5.97 Å². The van der Waals surface area contributed by atoms with Crippen LogP contribution in [0.2, 0.25) is 0 Å². The average Bonchev–Trinajstić information content (AvgIpc) is 2.77. The summed E-state index contributed by atoms with van der Waals surface area (Å²) in [5.41, 5.74) is 0.322. The summed E-state index contributed by atoms with van der Waals surface area (Å²) in [5.74, 6) is -0.106. The fourth-order valence-electron chi connectivity index (χ4n) is 3.08. The number of carbonyl (C=O) groups is 1. The molecule has 0 spiro atoms. The van der Waals surface area contributed by atoms with Gasteiger partial charge in [0.05, 0.1) is 6.61 Å². The molecule has 0 atom stereocenters. The predicted molar refractivity (Wildman–Crippen MR) is 83.4 cm³/mol. The third-order valence-electron chi connectivity index (χ3n) is 4.20. The Labute approximate surface area is 128 Å². The molecule has 2 heterocycles. The fraction of sp³-hybridized carbons (Fsp3) is 0.562. The van der Waals surface area contributed by atoms with E-state index in [2.05, 4.69) is 4.98 Å². The Bertz CT molecular complexity index is 597. The maximum absolute atomic E-state index is 12.7. The van der Waals surface area contributed by atoms with Gasteiger partial charge in [-0.15, -0.1) is 0 Å². The number of hydrogen-bond donors (Lipinski definition) is 0. The second-order valence-corrected chi connectivity index (χ2v) is 6.54. The Kier molecular flexibility index (Phi) is 4.19. The second-order valence-electron chi connectivity index (χ2n) is 5.56. The number of esters is 1. The maximum Gasteiger partial charge on any atom is 0.319 e. The van der Waals surface area contributed by atoms with E-state index in [9.17, 15) is 4.79 Å². The number of thiazole rings is 1. The van der Waals surface area contributed by atoms with Crippen molar-refractivity contribution in [2.45, 2.75) is 50.9 Å². The molecule has 2 aromatic rings. The number of carbonyl (C=O) groups excluding carboxylic acids is 1. The molecule has 2 aromatic heterocycles. The van der Waals surface area contributed by atoms with E-state index in [0.29, 0.717) is 6.61 Å². The number of aromatic nitrogens is 2. The minimum atomic E-state index is -0.558. The van der Waals surface area contributed by atoms with E-state index >= 15 is 0 Å². The molecule has 1 fully saturated rings. The molecule has 1 aliphatic rings. The van der Waals surface area contributed by atoms with Crippen molar-refractivity contribution in [1.29, 1.82) is 0 Å². The first-order valence-corrected chi connectivity index (χ1v) is 8.47. The van der Waals surface area contributed by atoms with Gasteiger partial charge in [0, 0.05) is 6.20 Å². The van der Waals surface area contributed by atoms with Crippen molar-refractivity contribution in [1.82, 2.24) is 9.97 Å². The summed E-state index contributed by atoms with van der Waals surface area (Å²) in [4.78, 5) is 22.6. The molecule has 0 N–H and O–H groups in total. The maximum atomic E-state index is 12.7. The minimum absolute atomic E-state index is 0.106. The lowest BCUT2D eigenvalue weighted by atomic mass is 9.81. The van der Waals surface area contributed by atoms with Crippen LogP contribution in [0.5, 0.6) is 0 Å². The lowest BCUT2D eigenvalue weighted by Gasteiger charge is -2.27. The second kappa shape index (κ2) is 6.10. The lowest BCUT2D eigenvalue weighted by Crippen LogP contribution is -2.37. The zero-order valence-electron chi connectivity index (χ0n) is 12.3. The van der Waals surface area contributed by atoms with Gasteiger partial charge in [-0.1, -0.05) is 37.0 Å². The van der Waals surface area contributed by atoms with E-state index < -0.39 is 5.41 Å². The summed E-state index contributed by atoms with van der Waals surface area (Å²) >= 11 is 1.54. The zero-order chi connectivity index (χ0) is 14.7. The first-order chi connectivity index (χ1) is 10.3. The zero-order valence-corrected chi connectivity index (χ0v) is 13.1. The van der Waals surface area contributed by atoms with Crippen LogP contribution in [0.1, 0.15) is 50.5 Å². The summed E-state index contributed by atoms with van der Waals surface area (Å²) in [6.07, 6.45) is 7.94. The number of nitrogens with zero attached hydrogens (tertiary/aromatic N) is 2. The van der Waals surface area contributed by atoms with Crippen LogP contribution in [-0.4, -0.2) is 22.5 Å².